The summed E-state index contributed by atoms with van der Waals surface area (Å²) in [4.78, 5) is 0. The van der Waals surface area contributed by atoms with Gasteiger partial charge in [-0.15, -0.1) is 0 Å². The van der Waals surface area contributed by atoms with Gasteiger partial charge in [-0.05, 0) is 0 Å². The third-order valence-electron chi connectivity index (χ3n) is 1.90. The maximum atomic E-state index is 2.31. The molecule has 1 aromatic rings. The van der Waals surface area contributed by atoms with Crippen LogP contribution in [0.5, 0.6) is 0 Å². The Kier molecular flexibility index (Phi) is 3.30. The van der Waals surface area contributed by atoms with Gasteiger partial charge in [0.15, 0.2) is 0 Å². The zero-order chi connectivity index (χ0) is 8.23. The fourth-order valence-electron chi connectivity index (χ4n) is 1.29. The van der Waals surface area contributed by atoms with E-state index in [2.05, 4.69) is 30.3 Å². The van der Waals surface area contributed by atoms with E-state index in [9.17, 15) is 0 Å². The molecule has 2 heteroatoms. The van der Waals surface area contributed by atoms with Gasteiger partial charge in [0.05, 0.1) is 0 Å². The van der Waals surface area contributed by atoms with Crippen LogP contribution in [0.25, 0.3) is 0 Å². The molecule has 0 saturated carbocycles. The molecule has 1 aliphatic heterocycles. The minimum absolute atomic E-state index is 0.902. The van der Waals surface area contributed by atoms with E-state index in [4.69, 9.17) is 0 Å². The molecular weight excluding hydrogens is 278 g/mol. The van der Waals surface area contributed by atoms with Gasteiger partial charge in [0.2, 0.25) is 0 Å². The van der Waals surface area contributed by atoms with E-state index in [0.29, 0.717) is 0 Å². The van der Waals surface area contributed by atoms with Gasteiger partial charge in [0.25, 0.3) is 0 Å². The molecule has 2 rings (SSSR count). The maximum absolute atomic E-state index is 2.31. The van der Waals surface area contributed by atoms with Crippen molar-refractivity contribution in [3.8, 4) is 0 Å². The molecule has 0 amide bonds. The first-order valence-electron chi connectivity index (χ1n) is 4.25. The number of benzene rings is 1. The quantitative estimate of drug-likeness (QED) is 0.696. The van der Waals surface area contributed by atoms with Crippen molar-refractivity contribution in [3.05, 3.63) is 35.9 Å². The Balaban J connectivity index is 2.08. The molecule has 0 atom stereocenters. The summed E-state index contributed by atoms with van der Waals surface area (Å²) < 4.78 is 0.986. The van der Waals surface area contributed by atoms with Gasteiger partial charge >= 0.3 is 86.6 Å². The van der Waals surface area contributed by atoms with Gasteiger partial charge in [-0.2, -0.15) is 0 Å². The van der Waals surface area contributed by atoms with E-state index in [1.54, 1.807) is 5.56 Å². The zero-order valence-corrected chi connectivity index (χ0v) is 10.3. The predicted molar refractivity (Wildman–Crippen MR) is 54.9 cm³/mol. The van der Waals surface area contributed by atoms with E-state index in [-0.39, 0.29) is 0 Å². The van der Waals surface area contributed by atoms with Crippen molar-refractivity contribution in [1.29, 1.82) is 0 Å². The van der Waals surface area contributed by atoms with Crippen LogP contribution >= 0.6 is 0 Å². The number of hydrogen-bond donors (Lipinski definition) is 0. The first-order chi connectivity index (χ1) is 5.97. The van der Waals surface area contributed by atoms with Crippen LogP contribution in [-0.2, 0) is 0 Å². The molecule has 64 valence electrons. The van der Waals surface area contributed by atoms with Crippen molar-refractivity contribution in [3.63, 3.8) is 0 Å². The van der Waals surface area contributed by atoms with Crippen molar-refractivity contribution in [1.82, 2.24) is 0 Å². The number of rotatable bonds is 1. The van der Waals surface area contributed by atoms with E-state index in [0.717, 1.165) is 33.6 Å². The van der Waals surface area contributed by atoms with Crippen LogP contribution in [0.2, 0.25) is 10.6 Å². The summed E-state index contributed by atoms with van der Waals surface area (Å²) in [5, 5.41) is 3.02. The summed E-state index contributed by atoms with van der Waals surface area (Å²) in [6.45, 7) is 0. The Labute approximate surface area is 86.4 Å². The van der Waals surface area contributed by atoms with Crippen LogP contribution in [0.1, 0.15) is 15.7 Å². The van der Waals surface area contributed by atoms with Crippen LogP contribution in [0.15, 0.2) is 30.3 Å². The summed E-state index contributed by atoms with van der Waals surface area (Å²) in [6.07, 6.45) is 1.50. The van der Waals surface area contributed by atoms with Gasteiger partial charge in [-0.3, -0.25) is 0 Å². The average molecular weight is 290 g/mol. The zero-order valence-electron chi connectivity index (χ0n) is 6.90. The molecule has 0 aromatic heterocycles. The molecule has 1 saturated heterocycles. The fourth-order valence-corrected chi connectivity index (χ4v) is 9.24. The molecule has 1 aromatic carbocycles. The predicted octanol–water partition coefficient (Wildman–Crippen LogP) is 2.33. The van der Waals surface area contributed by atoms with Crippen molar-refractivity contribution < 1.29 is 0 Å². The van der Waals surface area contributed by atoms with E-state index in [1.165, 1.54) is 17.1 Å². The molecule has 0 aliphatic carbocycles. The van der Waals surface area contributed by atoms with Crippen LogP contribution in [0, 0.1) is 0 Å². The second-order valence-corrected chi connectivity index (χ2v) is 9.44. The van der Waals surface area contributed by atoms with Gasteiger partial charge in [0, 0.05) is 0 Å². The van der Waals surface area contributed by atoms with Gasteiger partial charge in [-0.25, -0.2) is 0 Å². The summed E-state index contributed by atoms with van der Waals surface area (Å²) in [5.41, 5.74) is 1.61. The second-order valence-electron chi connectivity index (χ2n) is 2.84. The van der Waals surface area contributed by atoms with Gasteiger partial charge in [0.1, 0.15) is 0 Å². The third kappa shape index (κ3) is 2.14. The first kappa shape index (κ1) is 8.84. The Morgan fingerprint density at radius 2 is 1.67 bits per heavy atom. The van der Waals surface area contributed by atoms with E-state index in [1.807, 2.05) is 0 Å². The van der Waals surface area contributed by atoms with Crippen LogP contribution in [0.4, 0.5) is 0 Å². The molecule has 0 N–H and O–H groups in total. The Morgan fingerprint density at radius 3 is 2.33 bits per heavy atom. The molecule has 0 nitrogen and oxygen atoms in total. The molecule has 12 heavy (non-hydrogen) atoms. The third-order valence-corrected chi connectivity index (χ3v) is 9.48. The summed E-state index contributed by atoms with van der Waals surface area (Å²) in [5.74, 6) is 0. The Hall–Kier alpha value is 0.259. The summed E-state index contributed by atoms with van der Waals surface area (Å²) >= 11 is 1.80. The average Bonchev–Trinajstić information content (AvgIpc) is 2.21. The van der Waals surface area contributed by atoms with Crippen LogP contribution in [0.3, 0.4) is 0 Å². The van der Waals surface area contributed by atoms with Crippen LogP contribution < -0.4 is 0 Å². The first-order valence-corrected chi connectivity index (χ1v) is 8.65. The molecule has 1 heterocycles. The minimum atomic E-state index is 0.902. The normalized spacial score (nSPS) is 19.3. The fraction of sp³-hybridized carbons (Fsp3) is 0.400. The summed E-state index contributed by atoms with van der Waals surface area (Å²) in [6, 6.07) is 11.1. The van der Waals surface area contributed by atoms with Gasteiger partial charge < -0.3 is 0 Å². The SMILES string of the molecule is c1ccc(C2[Se]CCC[Se]2)cc1. The van der Waals surface area contributed by atoms with E-state index >= 15 is 0 Å². The Morgan fingerprint density at radius 1 is 1.00 bits per heavy atom. The van der Waals surface area contributed by atoms with Crippen molar-refractivity contribution in [2.45, 2.75) is 20.8 Å². The van der Waals surface area contributed by atoms with Crippen molar-refractivity contribution in [2.24, 2.45) is 0 Å². The van der Waals surface area contributed by atoms with Crippen molar-refractivity contribution in [2.75, 3.05) is 0 Å². The molecular formula is C10H12Se2. The number of hydrogen-bond acceptors (Lipinski definition) is 0. The monoisotopic (exact) mass is 292 g/mol. The molecule has 0 spiro atoms. The Bertz CT molecular complexity index is 227. The topological polar surface area (TPSA) is 0 Å². The molecule has 0 unspecified atom stereocenters. The van der Waals surface area contributed by atoms with Gasteiger partial charge in [-0.1, -0.05) is 0 Å². The summed E-state index contributed by atoms with van der Waals surface area (Å²) in [7, 11) is 0. The second kappa shape index (κ2) is 4.48. The van der Waals surface area contributed by atoms with Crippen molar-refractivity contribution >= 4 is 29.9 Å². The van der Waals surface area contributed by atoms with Crippen LogP contribution in [-0.4, -0.2) is 29.9 Å². The molecule has 1 aliphatic rings. The van der Waals surface area contributed by atoms with E-state index < -0.39 is 0 Å². The standard InChI is InChI=1S/C10H12Se2/c1-2-5-9(6-3-1)10-11-7-4-8-12-10/h1-3,5-6,10H,4,7-8H2. The molecule has 0 radical (unpaired) electrons. The molecule has 1 fully saturated rings. The molecule has 0 bridgehead atoms.